The van der Waals surface area contributed by atoms with E-state index in [1.807, 2.05) is 0 Å². The van der Waals surface area contributed by atoms with Crippen molar-refractivity contribution in [3.8, 4) is 0 Å². The van der Waals surface area contributed by atoms with E-state index in [0.717, 1.165) is 0 Å². The number of nitrogens with one attached hydrogen (secondary N) is 2. The lowest BCUT2D eigenvalue weighted by Crippen LogP contribution is -2.53. The van der Waals surface area contributed by atoms with Crippen molar-refractivity contribution < 1.29 is 24.6 Å². The van der Waals surface area contributed by atoms with Gasteiger partial charge in [-0.1, -0.05) is 24.3 Å². The van der Waals surface area contributed by atoms with E-state index < -0.39 is 36.5 Å². The van der Waals surface area contributed by atoms with Crippen LogP contribution < -0.4 is 10.6 Å². The summed E-state index contributed by atoms with van der Waals surface area (Å²) in [5.74, 6) is -2.44. The molecule has 1 radical (unpaired) electrons. The molecule has 0 bridgehead atoms. The van der Waals surface area contributed by atoms with Crippen LogP contribution in [0.2, 0.25) is 0 Å². The number of aliphatic carboxylic acids is 1. The summed E-state index contributed by atoms with van der Waals surface area (Å²) < 4.78 is 0. The Morgan fingerprint density at radius 1 is 1.24 bits per heavy atom. The van der Waals surface area contributed by atoms with Crippen molar-refractivity contribution in [3.63, 3.8) is 0 Å². The van der Waals surface area contributed by atoms with Crippen LogP contribution in [0.1, 0.15) is 12.5 Å². The Labute approximate surface area is 122 Å². The third-order valence-corrected chi connectivity index (χ3v) is 2.69. The molecule has 21 heavy (non-hydrogen) atoms. The molecule has 0 aliphatic rings. The topological polar surface area (TPSA) is 116 Å². The number of aliphatic hydroxyl groups is 1. The quantitative estimate of drug-likeness (QED) is 0.520. The van der Waals surface area contributed by atoms with Crippen LogP contribution in [0.25, 0.3) is 0 Å². The van der Waals surface area contributed by atoms with Crippen molar-refractivity contribution in [1.29, 1.82) is 0 Å². The number of benzene rings is 1. The molecule has 0 saturated carbocycles. The van der Waals surface area contributed by atoms with Gasteiger partial charge in [-0.15, -0.1) is 0 Å². The van der Waals surface area contributed by atoms with E-state index in [2.05, 4.69) is 16.7 Å². The van der Waals surface area contributed by atoms with E-state index in [0.29, 0.717) is 5.56 Å². The Morgan fingerprint density at radius 3 is 2.43 bits per heavy atom. The molecular formula is C14H17N2O5. The zero-order chi connectivity index (χ0) is 15.8. The monoisotopic (exact) mass is 293 g/mol. The maximum absolute atomic E-state index is 12.0. The summed E-state index contributed by atoms with van der Waals surface area (Å²) in [6, 6.07) is 7.52. The van der Waals surface area contributed by atoms with E-state index in [1.54, 1.807) is 24.3 Å². The summed E-state index contributed by atoms with van der Waals surface area (Å²) in [5, 5.41) is 22.3. The third-order valence-electron chi connectivity index (χ3n) is 2.69. The fraction of sp³-hybridized carbons (Fsp3) is 0.357. The van der Waals surface area contributed by atoms with Crippen LogP contribution in [-0.4, -0.2) is 46.7 Å². The number of aliphatic hydroxyl groups excluding tert-OH is 1. The normalized spacial score (nSPS) is 13.0. The Morgan fingerprint density at radius 2 is 1.95 bits per heavy atom. The predicted molar refractivity (Wildman–Crippen MR) is 73.2 cm³/mol. The summed E-state index contributed by atoms with van der Waals surface area (Å²) >= 11 is 0. The standard InChI is InChI=1S/C14H17N2O5/c1-9(18)15-11(7-10-5-3-2-4-6-10)13(19)16-12(8-17)14(20)21/h2-5,11-12,17H,7-8H2,1H3,(H,15,18)(H,16,19)(H,20,21)/t11?,12-/m0/s1. The molecule has 0 saturated heterocycles. The highest BCUT2D eigenvalue weighted by atomic mass is 16.4. The average Bonchev–Trinajstić information content (AvgIpc) is 2.44. The Kier molecular flexibility index (Phi) is 6.35. The second-order valence-corrected chi connectivity index (χ2v) is 4.43. The van der Waals surface area contributed by atoms with Gasteiger partial charge in [-0.05, 0) is 11.6 Å². The Hall–Kier alpha value is -2.41. The summed E-state index contributed by atoms with van der Waals surface area (Å²) in [7, 11) is 0. The van der Waals surface area contributed by atoms with Crippen LogP contribution in [0, 0.1) is 6.07 Å². The van der Waals surface area contributed by atoms with Gasteiger partial charge in [0.05, 0.1) is 6.61 Å². The van der Waals surface area contributed by atoms with Crippen LogP contribution in [0.3, 0.4) is 0 Å². The lowest BCUT2D eigenvalue weighted by Gasteiger charge is -2.20. The first-order chi connectivity index (χ1) is 9.93. The molecule has 1 aromatic rings. The zero-order valence-corrected chi connectivity index (χ0v) is 11.5. The fourth-order valence-electron chi connectivity index (χ4n) is 1.69. The number of carboxylic acid groups (broad SMARTS) is 1. The molecule has 4 N–H and O–H groups in total. The van der Waals surface area contributed by atoms with Crippen molar-refractivity contribution in [1.82, 2.24) is 10.6 Å². The lowest BCUT2D eigenvalue weighted by molar-refractivity contribution is -0.143. The van der Waals surface area contributed by atoms with E-state index >= 15 is 0 Å². The van der Waals surface area contributed by atoms with Gasteiger partial charge in [-0.25, -0.2) is 4.79 Å². The van der Waals surface area contributed by atoms with Gasteiger partial charge >= 0.3 is 5.97 Å². The fourth-order valence-corrected chi connectivity index (χ4v) is 1.69. The molecule has 0 aliphatic carbocycles. The van der Waals surface area contributed by atoms with Crippen molar-refractivity contribution in [3.05, 3.63) is 35.9 Å². The summed E-state index contributed by atoms with van der Waals surface area (Å²) in [5.41, 5.74) is 0.697. The molecule has 0 heterocycles. The van der Waals surface area contributed by atoms with Crippen molar-refractivity contribution >= 4 is 17.8 Å². The minimum atomic E-state index is -1.41. The number of amides is 2. The van der Waals surface area contributed by atoms with Gasteiger partial charge in [-0.2, -0.15) is 0 Å². The van der Waals surface area contributed by atoms with Crippen LogP contribution in [0.5, 0.6) is 0 Å². The van der Waals surface area contributed by atoms with Gasteiger partial charge in [0.15, 0.2) is 0 Å². The smallest absolute Gasteiger partial charge is 0.328 e. The van der Waals surface area contributed by atoms with Gasteiger partial charge in [0.25, 0.3) is 0 Å². The summed E-state index contributed by atoms with van der Waals surface area (Å²) in [6.45, 7) is 0.529. The first-order valence-electron chi connectivity index (χ1n) is 6.30. The van der Waals surface area contributed by atoms with Crippen LogP contribution in [-0.2, 0) is 20.8 Å². The molecule has 1 aromatic carbocycles. The van der Waals surface area contributed by atoms with E-state index in [9.17, 15) is 14.4 Å². The molecule has 7 heteroatoms. The summed E-state index contributed by atoms with van der Waals surface area (Å²) in [4.78, 5) is 34.0. The highest BCUT2D eigenvalue weighted by Gasteiger charge is 2.25. The molecule has 0 spiro atoms. The van der Waals surface area contributed by atoms with E-state index in [4.69, 9.17) is 10.2 Å². The van der Waals surface area contributed by atoms with Crippen LogP contribution >= 0.6 is 0 Å². The first-order valence-corrected chi connectivity index (χ1v) is 6.30. The molecule has 1 rings (SSSR count). The summed E-state index contributed by atoms with van der Waals surface area (Å²) in [6.07, 6.45) is 0.171. The molecule has 113 valence electrons. The first kappa shape index (κ1) is 16.6. The zero-order valence-electron chi connectivity index (χ0n) is 11.5. The molecule has 1 unspecified atom stereocenters. The van der Waals surface area contributed by atoms with Gasteiger partial charge < -0.3 is 20.8 Å². The molecule has 2 amide bonds. The lowest BCUT2D eigenvalue weighted by atomic mass is 10.0. The number of carbonyl (C=O) groups excluding carboxylic acids is 2. The number of hydrogen-bond acceptors (Lipinski definition) is 4. The van der Waals surface area contributed by atoms with E-state index in [-0.39, 0.29) is 6.42 Å². The molecule has 7 nitrogen and oxygen atoms in total. The van der Waals surface area contributed by atoms with Crippen molar-refractivity contribution in [2.24, 2.45) is 0 Å². The second kappa shape index (κ2) is 8.01. The van der Waals surface area contributed by atoms with Gasteiger partial charge in [0.2, 0.25) is 11.8 Å². The predicted octanol–water partition coefficient (Wildman–Crippen LogP) is -0.904. The molecule has 0 fully saturated rings. The second-order valence-electron chi connectivity index (χ2n) is 4.43. The average molecular weight is 293 g/mol. The third kappa shape index (κ3) is 5.62. The minimum absolute atomic E-state index is 0.171. The van der Waals surface area contributed by atoms with Gasteiger partial charge in [0.1, 0.15) is 12.1 Å². The number of hydrogen-bond donors (Lipinski definition) is 4. The van der Waals surface area contributed by atoms with Crippen molar-refractivity contribution in [2.75, 3.05) is 6.61 Å². The Balaban J connectivity index is 2.79. The SMILES string of the molecule is CC(=O)NC(Cc1[c]cccc1)C(=O)N[C@@H](CO)C(=O)O. The molecular weight excluding hydrogens is 276 g/mol. The maximum Gasteiger partial charge on any atom is 0.328 e. The van der Waals surface area contributed by atoms with Crippen molar-refractivity contribution in [2.45, 2.75) is 25.4 Å². The minimum Gasteiger partial charge on any atom is -0.480 e. The largest absolute Gasteiger partial charge is 0.480 e. The van der Waals surface area contributed by atoms with Crippen LogP contribution in [0.15, 0.2) is 24.3 Å². The number of rotatable bonds is 7. The highest BCUT2D eigenvalue weighted by molar-refractivity contribution is 5.90. The molecule has 2 atom stereocenters. The molecule has 0 aromatic heterocycles. The number of carboxylic acids is 1. The van der Waals surface area contributed by atoms with Crippen LogP contribution in [0.4, 0.5) is 0 Å². The maximum atomic E-state index is 12.0. The van der Waals surface area contributed by atoms with Gasteiger partial charge in [-0.3, -0.25) is 9.59 Å². The molecule has 0 aliphatic heterocycles. The number of carbonyl (C=O) groups is 3. The van der Waals surface area contributed by atoms with E-state index in [1.165, 1.54) is 6.92 Å². The van der Waals surface area contributed by atoms with Gasteiger partial charge in [0, 0.05) is 13.3 Å². The Bertz CT molecular complexity index is 503. The highest BCUT2D eigenvalue weighted by Crippen LogP contribution is 2.03.